The van der Waals surface area contributed by atoms with Crippen molar-refractivity contribution in [3.05, 3.63) is 38.8 Å². The zero-order chi connectivity index (χ0) is 17.0. The van der Waals surface area contributed by atoms with Crippen molar-refractivity contribution < 1.29 is 19.1 Å². The summed E-state index contributed by atoms with van der Waals surface area (Å²) < 4.78 is 12.1. The molecule has 0 unspecified atom stereocenters. The molecular formula is C16H16INO4S. The quantitative estimate of drug-likeness (QED) is 0.378. The molecule has 2 amide bonds. The lowest BCUT2D eigenvalue weighted by Crippen LogP contribution is -2.22. The minimum atomic E-state index is -0.292. The fourth-order valence-corrected chi connectivity index (χ4v) is 3.52. The second-order valence-corrected chi connectivity index (χ2v) is 6.76. The number of amides is 2. The highest BCUT2D eigenvalue weighted by molar-refractivity contribution is 14.1. The molecule has 5 nitrogen and oxygen atoms in total. The molecule has 1 heterocycles. The van der Waals surface area contributed by atoms with Gasteiger partial charge in [-0.05, 0) is 65.0 Å². The fourth-order valence-electron chi connectivity index (χ4n) is 1.91. The van der Waals surface area contributed by atoms with E-state index in [1.165, 1.54) is 7.05 Å². The summed E-state index contributed by atoms with van der Waals surface area (Å²) in [5.41, 5.74) is 0.780. The van der Waals surface area contributed by atoms with Crippen LogP contribution in [-0.4, -0.2) is 36.3 Å². The first-order valence-electron chi connectivity index (χ1n) is 6.89. The topological polar surface area (TPSA) is 55.8 Å². The predicted molar refractivity (Wildman–Crippen MR) is 99.8 cm³/mol. The van der Waals surface area contributed by atoms with E-state index in [1.807, 2.05) is 13.0 Å². The Morgan fingerprint density at radius 1 is 1.35 bits per heavy atom. The summed E-state index contributed by atoms with van der Waals surface area (Å²) in [6, 6.07) is 3.68. The average Bonchev–Trinajstić information content (AvgIpc) is 2.74. The van der Waals surface area contributed by atoms with E-state index in [2.05, 4.69) is 29.2 Å². The molecule has 1 aliphatic heterocycles. The van der Waals surface area contributed by atoms with Gasteiger partial charge in [-0.1, -0.05) is 12.7 Å². The van der Waals surface area contributed by atoms with Crippen LogP contribution in [0.15, 0.2) is 29.7 Å². The van der Waals surface area contributed by atoms with Gasteiger partial charge in [-0.3, -0.25) is 14.5 Å². The van der Waals surface area contributed by atoms with Crippen molar-refractivity contribution in [2.45, 2.75) is 6.92 Å². The number of thioether (sulfide) groups is 1. The molecule has 2 rings (SSSR count). The van der Waals surface area contributed by atoms with E-state index in [9.17, 15) is 9.59 Å². The number of benzene rings is 1. The summed E-state index contributed by atoms with van der Waals surface area (Å²) in [5.74, 6) is 0.955. The number of imide groups is 1. The molecule has 23 heavy (non-hydrogen) atoms. The number of rotatable bonds is 6. The maximum absolute atomic E-state index is 12.0. The van der Waals surface area contributed by atoms with Gasteiger partial charge in [0.1, 0.15) is 6.61 Å². The Morgan fingerprint density at radius 3 is 2.65 bits per heavy atom. The maximum Gasteiger partial charge on any atom is 0.293 e. The van der Waals surface area contributed by atoms with Crippen LogP contribution in [0.1, 0.15) is 12.5 Å². The summed E-state index contributed by atoms with van der Waals surface area (Å²) >= 11 is 3.08. The molecule has 0 saturated carbocycles. The first-order chi connectivity index (χ1) is 11.0. The van der Waals surface area contributed by atoms with Gasteiger partial charge in [-0.25, -0.2) is 0 Å². The highest BCUT2D eigenvalue weighted by Gasteiger charge is 2.31. The van der Waals surface area contributed by atoms with Gasteiger partial charge in [0.05, 0.1) is 15.1 Å². The lowest BCUT2D eigenvalue weighted by atomic mass is 10.2. The van der Waals surface area contributed by atoms with Crippen LogP contribution in [0, 0.1) is 3.57 Å². The predicted octanol–water partition coefficient (Wildman–Crippen LogP) is 3.92. The van der Waals surface area contributed by atoms with E-state index in [0.29, 0.717) is 29.6 Å². The van der Waals surface area contributed by atoms with Crippen LogP contribution in [0.5, 0.6) is 11.5 Å². The fraction of sp³-hybridized carbons (Fsp3) is 0.250. The first-order valence-corrected chi connectivity index (χ1v) is 8.79. The lowest BCUT2D eigenvalue weighted by molar-refractivity contribution is -0.121. The third-order valence-corrected chi connectivity index (χ3v) is 4.72. The molecule has 0 spiro atoms. The van der Waals surface area contributed by atoms with Gasteiger partial charge < -0.3 is 9.47 Å². The number of likely N-dealkylation sites (N-methyl/N-ethyl adjacent to an activating group) is 1. The van der Waals surface area contributed by atoms with E-state index in [0.717, 1.165) is 25.8 Å². The van der Waals surface area contributed by atoms with Gasteiger partial charge in [0.2, 0.25) is 0 Å². The molecule has 0 atom stereocenters. The van der Waals surface area contributed by atoms with E-state index in [-0.39, 0.29) is 11.1 Å². The Balaban J connectivity index is 2.39. The van der Waals surface area contributed by atoms with Crippen LogP contribution in [0.2, 0.25) is 0 Å². The zero-order valence-electron chi connectivity index (χ0n) is 12.8. The Labute approximate surface area is 152 Å². The number of ether oxygens (including phenoxy) is 2. The number of nitrogens with zero attached hydrogens (tertiary/aromatic N) is 1. The van der Waals surface area contributed by atoms with Crippen LogP contribution >= 0.6 is 34.4 Å². The molecule has 122 valence electrons. The van der Waals surface area contributed by atoms with Crippen LogP contribution in [-0.2, 0) is 4.79 Å². The van der Waals surface area contributed by atoms with Crippen molar-refractivity contribution in [1.29, 1.82) is 0 Å². The van der Waals surface area contributed by atoms with Crippen LogP contribution < -0.4 is 9.47 Å². The minimum Gasteiger partial charge on any atom is -0.490 e. The molecule has 7 heteroatoms. The van der Waals surface area contributed by atoms with E-state index in [4.69, 9.17) is 9.47 Å². The number of carbonyl (C=O) groups is 2. The van der Waals surface area contributed by atoms with E-state index >= 15 is 0 Å². The van der Waals surface area contributed by atoms with Gasteiger partial charge in [-0.2, -0.15) is 0 Å². The lowest BCUT2D eigenvalue weighted by Gasteiger charge is -2.13. The third-order valence-electron chi connectivity index (χ3n) is 2.96. The molecule has 0 radical (unpaired) electrons. The molecule has 0 N–H and O–H groups in total. The number of halogens is 1. The molecule has 1 aromatic rings. The normalized spacial score (nSPS) is 16.1. The van der Waals surface area contributed by atoms with Gasteiger partial charge in [0.25, 0.3) is 11.1 Å². The largest absolute Gasteiger partial charge is 0.490 e. The third kappa shape index (κ3) is 4.08. The summed E-state index contributed by atoms with van der Waals surface area (Å²) in [4.78, 5) is 25.0. The maximum atomic E-state index is 12.0. The Kier molecular flexibility index (Phi) is 6.11. The molecule has 1 aromatic carbocycles. The van der Waals surface area contributed by atoms with Crippen LogP contribution in [0.4, 0.5) is 4.79 Å². The Hall–Kier alpha value is -1.48. The molecule has 1 fully saturated rings. The highest BCUT2D eigenvalue weighted by Crippen LogP contribution is 2.37. The number of hydrogen-bond donors (Lipinski definition) is 0. The van der Waals surface area contributed by atoms with Crippen LogP contribution in [0.25, 0.3) is 6.08 Å². The van der Waals surface area contributed by atoms with Crippen molar-refractivity contribution in [3.8, 4) is 11.5 Å². The van der Waals surface area contributed by atoms with Crippen molar-refractivity contribution >= 4 is 51.6 Å². The molecule has 0 aromatic heterocycles. The van der Waals surface area contributed by atoms with Crippen molar-refractivity contribution in [3.63, 3.8) is 0 Å². The second-order valence-electron chi connectivity index (χ2n) is 4.60. The van der Waals surface area contributed by atoms with E-state index in [1.54, 1.807) is 18.2 Å². The Bertz CT molecular complexity index is 687. The Morgan fingerprint density at radius 2 is 2.09 bits per heavy atom. The van der Waals surface area contributed by atoms with Crippen molar-refractivity contribution in [1.82, 2.24) is 4.90 Å². The minimum absolute atomic E-state index is 0.271. The molecule has 1 saturated heterocycles. The number of hydrogen-bond acceptors (Lipinski definition) is 5. The summed E-state index contributed by atoms with van der Waals surface area (Å²) in [6.45, 7) is 6.40. The zero-order valence-corrected chi connectivity index (χ0v) is 15.8. The monoisotopic (exact) mass is 445 g/mol. The van der Waals surface area contributed by atoms with Crippen molar-refractivity contribution in [2.24, 2.45) is 0 Å². The molecular weight excluding hydrogens is 429 g/mol. The van der Waals surface area contributed by atoms with Crippen molar-refractivity contribution in [2.75, 3.05) is 20.3 Å². The second kappa shape index (κ2) is 7.87. The number of carbonyl (C=O) groups excluding carboxylic acids is 2. The van der Waals surface area contributed by atoms with Gasteiger partial charge in [-0.15, -0.1) is 0 Å². The highest BCUT2D eigenvalue weighted by atomic mass is 127. The summed E-state index contributed by atoms with van der Waals surface area (Å²) in [7, 11) is 1.47. The smallest absolute Gasteiger partial charge is 0.293 e. The van der Waals surface area contributed by atoms with Gasteiger partial charge >= 0.3 is 0 Å². The first kappa shape index (κ1) is 17.9. The average molecular weight is 445 g/mol. The summed E-state index contributed by atoms with van der Waals surface area (Å²) in [5, 5.41) is -0.271. The molecule has 0 aliphatic carbocycles. The van der Waals surface area contributed by atoms with Crippen LogP contribution in [0.3, 0.4) is 0 Å². The van der Waals surface area contributed by atoms with Gasteiger partial charge in [0.15, 0.2) is 11.5 Å². The summed E-state index contributed by atoms with van der Waals surface area (Å²) in [6.07, 6.45) is 3.35. The molecule has 0 bridgehead atoms. The van der Waals surface area contributed by atoms with Gasteiger partial charge in [0, 0.05) is 7.05 Å². The van der Waals surface area contributed by atoms with E-state index < -0.39 is 0 Å². The standard InChI is InChI=1S/C16H16INO4S/c1-4-6-22-14-11(17)7-10(8-12(14)21-5-2)9-13-15(19)18(3)16(20)23-13/h4,7-9H,1,5-6H2,2-3H3/b13-9-. The molecule has 1 aliphatic rings. The SMILES string of the molecule is C=CCOc1c(I)cc(/C=C2\SC(=O)N(C)C2=O)cc1OCC.